The molecule has 28 heavy (non-hydrogen) atoms. The highest BCUT2D eigenvalue weighted by molar-refractivity contribution is 6.24. The van der Waals surface area contributed by atoms with E-state index in [4.69, 9.17) is 0 Å². The predicted octanol–water partition coefficient (Wildman–Crippen LogP) is 6.00. The number of aryl methyl sites for hydroxylation is 2. The number of nitrogens with zero attached hydrogens (tertiary/aromatic N) is 3. The highest BCUT2D eigenvalue weighted by Gasteiger charge is 2.12. The van der Waals surface area contributed by atoms with Gasteiger partial charge in [0.2, 0.25) is 0 Å². The molecule has 0 aliphatic carbocycles. The Labute approximate surface area is 161 Å². The molecule has 2 heterocycles. The van der Waals surface area contributed by atoms with Crippen molar-refractivity contribution in [2.24, 2.45) is 14.1 Å². The predicted molar refractivity (Wildman–Crippen MR) is 117 cm³/mol. The Hall–Kier alpha value is -3.77. The summed E-state index contributed by atoms with van der Waals surface area (Å²) < 4.78 is 4.13. The van der Waals surface area contributed by atoms with Gasteiger partial charge in [-0.05, 0) is 56.6 Å². The topological polar surface area (TPSA) is 33.6 Å². The summed E-state index contributed by atoms with van der Waals surface area (Å²) in [4.78, 5) is 0. The van der Waals surface area contributed by atoms with Crippen molar-refractivity contribution in [1.82, 2.24) is 9.13 Å². The SMILES string of the molecule is Cn1ccc2c3ccc4c(ccc5c4ccc4c5cc(C#N)n4C)c3ccc21. The molecule has 0 aliphatic rings. The Bertz CT molecular complexity index is 1640. The van der Waals surface area contributed by atoms with Crippen molar-refractivity contribution in [2.45, 2.75) is 0 Å². The molecular weight excluding hydrogens is 342 g/mol. The maximum Gasteiger partial charge on any atom is 0.121 e. The van der Waals surface area contributed by atoms with Crippen LogP contribution in [0.5, 0.6) is 0 Å². The van der Waals surface area contributed by atoms with Crippen LogP contribution in [0.1, 0.15) is 5.69 Å². The van der Waals surface area contributed by atoms with Crippen LogP contribution in [0, 0.1) is 11.3 Å². The minimum absolute atomic E-state index is 0.688. The number of nitriles is 1. The van der Waals surface area contributed by atoms with Gasteiger partial charge < -0.3 is 9.13 Å². The molecule has 3 nitrogen and oxygen atoms in total. The molecular formula is C25H17N3. The molecule has 3 heteroatoms. The molecule has 4 aromatic carbocycles. The Morgan fingerprint density at radius 2 is 1.11 bits per heavy atom. The number of benzene rings is 4. The molecule has 132 valence electrons. The van der Waals surface area contributed by atoms with Crippen LogP contribution in [-0.2, 0) is 14.1 Å². The number of rotatable bonds is 0. The van der Waals surface area contributed by atoms with E-state index in [-0.39, 0.29) is 0 Å². The van der Waals surface area contributed by atoms with E-state index in [0.29, 0.717) is 5.69 Å². The van der Waals surface area contributed by atoms with E-state index in [2.05, 4.69) is 78.5 Å². The smallest absolute Gasteiger partial charge is 0.121 e. The summed E-state index contributed by atoms with van der Waals surface area (Å²) in [5.41, 5.74) is 3.03. The number of hydrogen-bond donors (Lipinski definition) is 0. The maximum absolute atomic E-state index is 9.40. The molecule has 0 amide bonds. The lowest BCUT2D eigenvalue weighted by atomic mass is 9.94. The van der Waals surface area contributed by atoms with Crippen LogP contribution in [0.3, 0.4) is 0 Å². The largest absolute Gasteiger partial charge is 0.351 e. The average molecular weight is 359 g/mol. The summed E-state index contributed by atoms with van der Waals surface area (Å²) in [5, 5.41) is 19.3. The van der Waals surface area contributed by atoms with E-state index in [1.807, 2.05) is 17.7 Å². The normalized spacial score (nSPS) is 11.9. The number of fused-ring (bicyclic) bond motifs is 9. The summed E-state index contributed by atoms with van der Waals surface area (Å²) in [6.07, 6.45) is 2.12. The Kier molecular flexibility index (Phi) is 2.81. The average Bonchev–Trinajstić information content (AvgIpc) is 3.27. The van der Waals surface area contributed by atoms with Crippen LogP contribution >= 0.6 is 0 Å². The molecule has 6 rings (SSSR count). The molecule has 0 unspecified atom stereocenters. The van der Waals surface area contributed by atoms with Crippen LogP contribution in [0.15, 0.2) is 66.9 Å². The summed E-state index contributed by atoms with van der Waals surface area (Å²) in [6, 6.07) is 24.2. The van der Waals surface area contributed by atoms with Gasteiger partial charge in [0, 0.05) is 42.1 Å². The quantitative estimate of drug-likeness (QED) is 0.306. The van der Waals surface area contributed by atoms with E-state index in [1.165, 1.54) is 43.2 Å². The van der Waals surface area contributed by atoms with Gasteiger partial charge in [-0.15, -0.1) is 0 Å². The van der Waals surface area contributed by atoms with Gasteiger partial charge in [0.25, 0.3) is 0 Å². The first-order chi connectivity index (χ1) is 13.7. The first-order valence-corrected chi connectivity index (χ1v) is 9.39. The van der Waals surface area contributed by atoms with Crippen molar-refractivity contribution in [3.8, 4) is 6.07 Å². The summed E-state index contributed by atoms with van der Waals surface area (Å²) in [7, 11) is 4.04. The number of aromatic nitrogens is 2. The third-order valence-corrected chi connectivity index (χ3v) is 6.20. The second-order valence-electron chi connectivity index (χ2n) is 7.54. The van der Waals surface area contributed by atoms with Crippen molar-refractivity contribution in [1.29, 1.82) is 5.26 Å². The summed E-state index contributed by atoms with van der Waals surface area (Å²) in [6.45, 7) is 0. The minimum Gasteiger partial charge on any atom is -0.351 e. The lowest BCUT2D eigenvalue weighted by molar-refractivity contribution is 0.947. The summed E-state index contributed by atoms with van der Waals surface area (Å²) >= 11 is 0. The molecule has 2 aromatic heterocycles. The Morgan fingerprint density at radius 1 is 0.607 bits per heavy atom. The maximum atomic E-state index is 9.40. The molecule has 0 bridgehead atoms. The third kappa shape index (κ3) is 1.77. The van der Waals surface area contributed by atoms with Crippen LogP contribution in [0.4, 0.5) is 0 Å². The van der Waals surface area contributed by atoms with Crippen molar-refractivity contribution >= 4 is 54.1 Å². The zero-order valence-corrected chi connectivity index (χ0v) is 15.7. The van der Waals surface area contributed by atoms with Gasteiger partial charge in [-0.25, -0.2) is 0 Å². The van der Waals surface area contributed by atoms with E-state index < -0.39 is 0 Å². The fourth-order valence-corrected chi connectivity index (χ4v) is 4.73. The highest BCUT2D eigenvalue weighted by Crippen LogP contribution is 2.37. The van der Waals surface area contributed by atoms with Gasteiger partial charge in [0.15, 0.2) is 0 Å². The van der Waals surface area contributed by atoms with Crippen LogP contribution in [-0.4, -0.2) is 9.13 Å². The van der Waals surface area contributed by atoms with Crippen LogP contribution in [0.2, 0.25) is 0 Å². The van der Waals surface area contributed by atoms with Gasteiger partial charge >= 0.3 is 0 Å². The van der Waals surface area contributed by atoms with Crippen molar-refractivity contribution < 1.29 is 0 Å². The molecule has 0 saturated carbocycles. The molecule has 0 fully saturated rings. The molecule has 0 spiro atoms. The van der Waals surface area contributed by atoms with E-state index in [1.54, 1.807) is 0 Å². The molecule has 0 N–H and O–H groups in total. The first kappa shape index (κ1) is 15.3. The number of hydrogen-bond acceptors (Lipinski definition) is 1. The zero-order valence-electron chi connectivity index (χ0n) is 15.7. The molecule has 6 aromatic rings. The lowest BCUT2D eigenvalue weighted by Crippen LogP contribution is -1.90. The first-order valence-electron chi connectivity index (χ1n) is 9.39. The van der Waals surface area contributed by atoms with Crippen molar-refractivity contribution in [2.75, 3.05) is 0 Å². The van der Waals surface area contributed by atoms with Crippen molar-refractivity contribution in [3.05, 3.63) is 72.6 Å². The molecule has 0 radical (unpaired) electrons. The van der Waals surface area contributed by atoms with Crippen LogP contribution < -0.4 is 0 Å². The fourth-order valence-electron chi connectivity index (χ4n) is 4.73. The van der Waals surface area contributed by atoms with E-state index >= 15 is 0 Å². The molecule has 0 atom stereocenters. The van der Waals surface area contributed by atoms with Crippen molar-refractivity contribution in [3.63, 3.8) is 0 Å². The summed E-state index contributed by atoms with van der Waals surface area (Å²) in [5.74, 6) is 0. The van der Waals surface area contributed by atoms with Gasteiger partial charge in [-0.3, -0.25) is 0 Å². The minimum atomic E-state index is 0.688. The third-order valence-electron chi connectivity index (χ3n) is 6.20. The monoisotopic (exact) mass is 359 g/mol. The zero-order chi connectivity index (χ0) is 19.0. The van der Waals surface area contributed by atoms with Crippen LogP contribution in [0.25, 0.3) is 54.1 Å². The van der Waals surface area contributed by atoms with Gasteiger partial charge in [-0.2, -0.15) is 5.26 Å². The van der Waals surface area contributed by atoms with E-state index in [0.717, 1.165) is 10.9 Å². The standard InChI is InChI=1S/C25H17N3/c1-27-12-11-22-20-5-3-17-16(18(20)7-9-24(22)27)4-6-21-19(17)8-10-25-23(21)13-15(14-26)28(25)2/h3-13H,1-2H3. The fraction of sp³-hybridized carbons (Fsp3) is 0.0800. The van der Waals surface area contributed by atoms with Gasteiger partial charge in [0.05, 0.1) is 0 Å². The molecule has 0 saturated heterocycles. The lowest BCUT2D eigenvalue weighted by Gasteiger charge is -2.10. The Morgan fingerprint density at radius 3 is 1.71 bits per heavy atom. The second-order valence-corrected chi connectivity index (χ2v) is 7.54. The highest BCUT2D eigenvalue weighted by atomic mass is 14.9. The second kappa shape index (κ2) is 5.15. The molecule has 0 aliphatic heterocycles. The van der Waals surface area contributed by atoms with E-state index in [9.17, 15) is 5.26 Å². The van der Waals surface area contributed by atoms with Gasteiger partial charge in [-0.1, -0.05) is 36.4 Å². The van der Waals surface area contributed by atoms with Gasteiger partial charge in [0.1, 0.15) is 11.8 Å². The Balaban J connectivity index is 1.78.